The Hall–Kier alpha value is -3.24. The van der Waals surface area contributed by atoms with Gasteiger partial charge in [-0.1, -0.05) is 0 Å². The summed E-state index contributed by atoms with van der Waals surface area (Å²) >= 11 is 0. The summed E-state index contributed by atoms with van der Waals surface area (Å²) in [5.74, 6) is -0.658. The molecule has 3 aromatic rings. The maximum atomic E-state index is 12.2. The fourth-order valence-corrected chi connectivity index (χ4v) is 3.23. The van der Waals surface area contributed by atoms with Gasteiger partial charge in [-0.3, -0.25) is 4.79 Å². The molecule has 0 unspecified atom stereocenters. The minimum Gasteiger partial charge on any atom is -0.366 e. The third kappa shape index (κ3) is 3.27. The second-order valence-corrected chi connectivity index (χ2v) is 6.89. The molecule has 2 aromatic heterocycles. The molecule has 0 saturated carbocycles. The van der Waals surface area contributed by atoms with Crippen LogP contribution in [-0.2, 0) is 10.0 Å². The van der Waals surface area contributed by atoms with E-state index in [1.807, 2.05) is 0 Å². The molecule has 0 spiro atoms. The zero-order valence-electron chi connectivity index (χ0n) is 13.6. The number of primary sulfonamides is 1. The lowest BCUT2D eigenvalue weighted by atomic mass is 9.98. The highest BCUT2D eigenvalue weighted by molar-refractivity contribution is 7.89. The quantitative estimate of drug-likeness (QED) is 0.683. The number of rotatable bonds is 4. The number of aromatic nitrogens is 4. The van der Waals surface area contributed by atoms with Crippen LogP contribution in [0.2, 0.25) is 0 Å². The van der Waals surface area contributed by atoms with Crippen molar-refractivity contribution >= 4 is 15.9 Å². The first-order valence-electron chi connectivity index (χ1n) is 7.36. The molecule has 1 amide bonds. The highest BCUT2D eigenvalue weighted by Gasteiger charge is 2.27. The molecule has 26 heavy (non-hydrogen) atoms. The standard InChI is InChI=1S/C16H14N6O3S/c1-9-5-8-21-15(22-9)10-3-4-11(26(18,24)25)13(12(10)14(17)23)16-19-6-2-7-20-16/h2-8H,1H3,(H2,17,23)(H2,18,24,25). The molecular formula is C16H14N6O3S. The molecule has 0 aliphatic carbocycles. The Labute approximate surface area is 149 Å². The summed E-state index contributed by atoms with van der Waals surface area (Å²) < 4.78 is 24.1. The number of hydrogen-bond donors (Lipinski definition) is 2. The maximum absolute atomic E-state index is 12.2. The van der Waals surface area contributed by atoms with E-state index in [9.17, 15) is 13.2 Å². The van der Waals surface area contributed by atoms with Gasteiger partial charge in [-0.15, -0.1) is 0 Å². The van der Waals surface area contributed by atoms with Gasteiger partial charge in [0.25, 0.3) is 0 Å². The van der Waals surface area contributed by atoms with Gasteiger partial charge in [0.1, 0.15) is 0 Å². The number of nitrogens with two attached hydrogens (primary N) is 2. The average Bonchev–Trinajstić information content (AvgIpc) is 2.60. The fourth-order valence-electron chi connectivity index (χ4n) is 2.49. The predicted molar refractivity (Wildman–Crippen MR) is 93.1 cm³/mol. The molecule has 0 aliphatic rings. The molecule has 10 heteroatoms. The second kappa shape index (κ2) is 6.58. The number of sulfonamides is 1. The molecule has 3 rings (SSSR count). The lowest BCUT2D eigenvalue weighted by Crippen LogP contribution is -2.20. The summed E-state index contributed by atoms with van der Waals surface area (Å²) in [5.41, 5.74) is 6.28. The summed E-state index contributed by atoms with van der Waals surface area (Å²) in [5, 5.41) is 5.31. The van der Waals surface area contributed by atoms with Crippen molar-refractivity contribution in [2.45, 2.75) is 11.8 Å². The number of primary amides is 1. The van der Waals surface area contributed by atoms with Gasteiger partial charge in [0, 0.05) is 29.8 Å². The highest BCUT2D eigenvalue weighted by Crippen LogP contribution is 2.34. The van der Waals surface area contributed by atoms with Crippen LogP contribution in [0.5, 0.6) is 0 Å². The Morgan fingerprint density at radius 2 is 1.65 bits per heavy atom. The third-order valence-corrected chi connectivity index (χ3v) is 4.50. The van der Waals surface area contributed by atoms with E-state index in [0.717, 1.165) is 0 Å². The SMILES string of the molecule is Cc1ccnc(-c2ccc(S(N)(=O)=O)c(-c3ncccn3)c2C(N)=O)n1. The molecule has 0 bridgehead atoms. The van der Waals surface area contributed by atoms with Crippen LogP contribution in [0.4, 0.5) is 0 Å². The van der Waals surface area contributed by atoms with Crippen LogP contribution in [0.25, 0.3) is 22.8 Å². The molecule has 1 aromatic carbocycles. The lowest BCUT2D eigenvalue weighted by molar-refractivity contribution is 0.100. The number of carbonyl (C=O) groups excluding carboxylic acids is 1. The molecule has 0 aliphatic heterocycles. The molecule has 0 saturated heterocycles. The van der Waals surface area contributed by atoms with Crippen molar-refractivity contribution in [3.63, 3.8) is 0 Å². The van der Waals surface area contributed by atoms with E-state index in [1.165, 1.54) is 30.7 Å². The van der Waals surface area contributed by atoms with Crippen molar-refractivity contribution in [3.8, 4) is 22.8 Å². The minimum absolute atomic E-state index is 0.000159. The van der Waals surface area contributed by atoms with Gasteiger partial charge in [0.2, 0.25) is 15.9 Å². The van der Waals surface area contributed by atoms with E-state index in [4.69, 9.17) is 10.9 Å². The Bertz CT molecular complexity index is 1100. The average molecular weight is 370 g/mol. The molecule has 0 radical (unpaired) electrons. The number of nitrogens with zero attached hydrogens (tertiary/aromatic N) is 4. The van der Waals surface area contributed by atoms with Crippen LogP contribution in [0.15, 0.2) is 47.8 Å². The van der Waals surface area contributed by atoms with Crippen molar-refractivity contribution in [3.05, 3.63) is 54.1 Å². The molecular weight excluding hydrogens is 356 g/mol. The van der Waals surface area contributed by atoms with Crippen LogP contribution in [0, 0.1) is 6.92 Å². The topological polar surface area (TPSA) is 155 Å². The summed E-state index contributed by atoms with van der Waals surface area (Å²) in [7, 11) is -4.17. The van der Waals surface area contributed by atoms with E-state index in [1.54, 1.807) is 19.1 Å². The number of hydrogen-bond acceptors (Lipinski definition) is 7. The zero-order valence-corrected chi connectivity index (χ0v) is 14.4. The molecule has 2 heterocycles. The van der Waals surface area contributed by atoms with Crippen molar-refractivity contribution in [2.24, 2.45) is 10.9 Å². The Morgan fingerprint density at radius 3 is 2.23 bits per heavy atom. The van der Waals surface area contributed by atoms with Crippen LogP contribution < -0.4 is 10.9 Å². The Morgan fingerprint density at radius 1 is 1.00 bits per heavy atom. The normalized spacial score (nSPS) is 11.3. The largest absolute Gasteiger partial charge is 0.366 e. The summed E-state index contributed by atoms with van der Waals surface area (Å²) in [6.45, 7) is 1.76. The number of benzene rings is 1. The molecule has 0 atom stereocenters. The van der Waals surface area contributed by atoms with Crippen molar-refractivity contribution in [1.82, 2.24) is 19.9 Å². The summed E-state index contributed by atoms with van der Waals surface area (Å²) in [4.78, 5) is 28.4. The lowest BCUT2D eigenvalue weighted by Gasteiger charge is -2.14. The van der Waals surface area contributed by atoms with Gasteiger partial charge in [0.15, 0.2) is 11.6 Å². The van der Waals surface area contributed by atoms with E-state index in [2.05, 4.69) is 19.9 Å². The van der Waals surface area contributed by atoms with Crippen molar-refractivity contribution in [2.75, 3.05) is 0 Å². The first-order valence-corrected chi connectivity index (χ1v) is 8.90. The van der Waals surface area contributed by atoms with Crippen LogP contribution >= 0.6 is 0 Å². The maximum Gasteiger partial charge on any atom is 0.250 e. The van der Waals surface area contributed by atoms with E-state index >= 15 is 0 Å². The number of aryl methyl sites for hydroxylation is 1. The van der Waals surface area contributed by atoms with E-state index < -0.39 is 15.9 Å². The fraction of sp³-hybridized carbons (Fsp3) is 0.0625. The first kappa shape index (κ1) is 17.6. The summed E-state index contributed by atoms with van der Waals surface area (Å²) in [6.07, 6.45) is 4.35. The summed E-state index contributed by atoms with van der Waals surface area (Å²) in [6, 6.07) is 5.89. The Kier molecular flexibility index (Phi) is 4.45. The van der Waals surface area contributed by atoms with Crippen molar-refractivity contribution in [1.29, 1.82) is 0 Å². The minimum atomic E-state index is -4.17. The van der Waals surface area contributed by atoms with Crippen LogP contribution in [-0.4, -0.2) is 34.3 Å². The monoisotopic (exact) mass is 370 g/mol. The van der Waals surface area contributed by atoms with Gasteiger partial charge in [-0.25, -0.2) is 33.5 Å². The Balaban J connectivity index is 2.45. The van der Waals surface area contributed by atoms with Crippen LogP contribution in [0.1, 0.15) is 16.1 Å². The van der Waals surface area contributed by atoms with Gasteiger partial charge >= 0.3 is 0 Å². The van der Waals surface area contributed by atoms with Gasteiger partial charge in [-0.05, 0) is 31.2 Å². The number of carbonyl (C=O) groups is 1. The molecule has 0 fully saturated rings. The van der Waals surface area contributed by atoms with Gasteiger partial charge in [0.05, 0.1) is 16.0 Å². The number of amides is 1. The van der Waals surface area contributed by atoms with Crippen molar-refractivity contribution < 1.29 is 13.2 Å². The van der Waals surface area contributed by atoms with Gasteiger partial charge in [-0.2, -0.15) is 0 Å². The first-order chi connectivity index (χ1) is 12.3. The van der Waals surface area contributed by atoms with E-state index in [-0.39, 0.29) is 33.2 Å². The smallest absolute Gasteiger partial charge is 0.250 e. The second-order valence-electron chi connectivity index (χ2n) is 5.36. The van der Waals surface area contributed by atoms with E-state index in [0.29, 0.717) is 5.69 Å². The highest BCUT2D eigenvalue weighted by atomic mass is 32.2. The zero-order chi connectivity index (χ0) is 18.9. The molecule has 9 nitrogen and oxygen atoms in total. The van der Waals surface area contributed by atoms with Crippen LogP contribution in [0.3, 0.4) is 0 Å². The third-order valence-electron chi connectivity index (χ3n) is 3.55. The van der Waals surface area contributed by atoms with Gasteiger partial charge < -0.3 is 5.73 Å². The molecule has 4 N–H and O–H groups in total. The molecule has 132 valence electrons. The predicted octanol–water partition coefficient (Wildman–Crippen LogP) is 0.655.